The number of carbonyl (C=O) groups excluding carboxylic acids is 2. The number of nitriles is 1. The van der Waals surface area contributed by atoms with E-state index in [4.69, 9.17) is 4.42 Å². The van der Waals surface area contributed by atoms with Crippen molar-refractivity contribution in [1.82, 2.24) is 4.90 Å². The number of piperazine rings is 1. The van der Waals surface area contributed by atoms with Crippen molar-refractivity contribution in [3.63, 3.8) is 0 Å². The summed E-state index contributed by atoms with van der Waals surface area (Å²) in [5, 5.41) is 13.3. The number of hydrogen-bond acceptors (Lipinski definition) is 5. The maximum atomic E-state index is 12.6. The first-order chi connectivity index (χ1) is 14.0. The second-order valence-electron chi connectivity index (χ2n) is 7.91. The first-order valence-electron chi connectivity index (χ1n) is 10.1. The third-order valence-electron chi connectivity index (χ3n) is 5.78. The van der Waals surface area contributed by atoms with Crippen molar-refractivity contribution in [2.45, 2.75) is 26.2 Å². The molecule has 2 amide bonds. The number of furan rings is 1. The van der Waals surface area contributed by atoms with Gasteiger partial charge >= 0.3 is 0 Å². The highest BCUT2D eigenvalue weighted by Crippen LogP contribution is 2.39. The maximum Gasteiger partial charge on any atom is 0.289 e. The van der Waals surface area contributed by atoms with Crippen LogP contribution >= 0.6 is 11.3 Å². The maximum absolute atomic E-state index is 12.6. The first-order valence-corrected chi connectivity index (χ1v) is 10.9. The van der Waals surface area contributed by atoms with E-state index in [1.807, 2.05) is 0 Å². The predicted octanol–water partition coefficient (Wildman–Crippen LogP) is 1.32. The Kier molecular flexibility index (Phi) is 5.69. The molecule has 0 spiro atoms. The van der Waals surface area contributed by atoms with Crippen molar-refractivity contribution in [2.75, 3.05) is 38.0 Å². The second-order valence-corrected chi connectivity index (χ2v) is 9.02. The van der Waals surface area contributed by atoms with Gasteiger partial charge in [0.1, 0.15) is 11.1 Å². The van der Waals surface area contributed by atoms with Crippen molar-refractivity contribution in [1.29, 1.82) is 5.26 Å². The van der Waals surface area contributed by atoms with Crippen LogP contribution in [-0.2, 0) is 17.6 Å². The SMILES string of the molecule is C[C@@H]1CCc2c(sc(NC(=O)C[NH+]3CCN(C(=O)c4ccco4)CC3)c2C#N)C1. The van der Waals surface area contributed by atoms with Crippen molar-refractivity contribution in [3.8, 4) is 6.07 Å². The summed E-state index contributed by atoms with van der Waals surface area (Å²) in [4.78, 5) is 29.1. The highest BCUT2D eigenvalue weighted by Gasteiger charge is 2.28. The summed E-state index contributed by atoms with van der Waals surface area (Å²) in [6, 6.07) is 5.67. The van der Waals surface area contributed by atoms with E-state index in [0.717, 1.165) is 29.7 Å². The number of nitrogens with one attached hydrogen (secondary N) is 2. The van der Waals surface area contributed by atoms with Gasteiger partial charge in [-0.15, -0.1) is 11.3 Å². The lowest BCUT2D eigenvalue weighted by Gasteiger charge is -2.31. The number of nitrogens with zero attached hydrogens (tertiary/aromatic N) is 2. The standard InChI is InChI=1S/C21H24N4O3S/c1-14-4-5-15-16(12-22)20(29-18(15)11-14)23-19(26)13-24-6-8-25(9-7-24)21(27)17-3-2-10-28-17/h2-3,10,14H,4-9,11,13H2,1H3,(H,23,26)/p+1/t14-/m1/s1. The van der Waals surface area contributed by atoms with Gasteiger partial charge < -0.3 is 19.5 Å². The first kappa shape index (κ1) is 19.7. The molecule has 2 aromatic rings. The number of thiophene rings is 1. The molecular weight excluding hydrogens is 388 g/mol. The van der Waals surface area contributed by atoms with Gasteiger partial charge in [-0.25, -0.2) is 0 Å². The summed E-state index contributed by atoms with van der Waals surface area (Å²) >= 11 is 1.56. The molecular formula is C21H25N4O3S+. The lowest BCUT2D eigenvalue weighted by molar-refractivity contribution is -0.895. The van der Waals surface area contributed by atoms with Gasteiger partial charge in [0, 0.05) is 4.88 Å². The second kappa shape index (κ2) is 8.39. The van der Waals surface area contributed by atoms with Crippen LogP contribution in [0.3, 0.4) is 0 Å². The molecule has 0 aromatic carbocycles. The Balaban J connectivity index is 1.32. The van der Waals surface area contributed by atoms with Crippen LogP contribution in [0.2, 0.25) is 0 Å². The number of carbonyl (C=O) groups is 2. The van der Waals surface area contributed by atoms with Gasteiger partial charge in [0.15, 0.2) is 12.3 Å². The van der Waals surface area contributed by atoms with E-state index >= 15 is 0 Å². The molecule has 8 heteroatoms. The van der Waals surface area contributed by atoms with Gasteiger partial charge in [0.2, 0.25) is 0 Å². The molecule has 0 saturated carbocycles. The van der Waals surface area contributed by atoms with Crippen LogP contribution in [0.25, 0.3) is 0 Å². The Morgan fingerprint density at radius 1 is 1.41 bits per heavy atom. The van der Waals surface area contributed by atoms with E-state index in [9.17, 15) is 14.9 Å². The molecule has 152 valence electrons. The highest BCUT2D eigenvalue weighted by molar-refractivity contribution is 7.16. The number of quaternary nitrogens is 1. The molecule has 1 aliphatic heterocycles. The van der Waals surface area contributed by atoms with E-state index in [1.165, 1.54) is 11.1 Å². The minimum Gasteiger partial charge on any atom is -0.459 e. The Bertz CT molecular complexity index is 936. The quantitative estimate of drug-likeness (QED) is 0.791. The van der Waals surface area contributed by atoms with Crippen LogP contribution < -0.4 is 10.2 Å². The Morgan fingerprint density at radius 2 is 2.21 bits per heavy atom. The molecule has 0 unspecified atom stereocenters. The summed E-state index contributed by atoms with van der Waals surface area (Å²) in [6.45, 7) is 5.18. The van der Waals surface area contributed by atoms with Gasteiger partial charge in [0.25, 0.3) is 11.8 Å². The third-order valence-corrected chi connectivity index (χ3v) is 6.95. The average molecular weight is 414 g/mol. The van der Waals surface area contributed by atoms with E-state index in [0.29, 0.717) is 55.0 Å². The predicted molar refractivity (Wildman–Crippen MR) is 109 cm³/mol. The number of fused-ring (bicyclic) bond motifs is 1. The fourth-order valence-electron chi connectivity index (χ4n) is 4.11. The topological polar surface area (TPSA) is 90.8 Å². The zero-order chi connectivity index (χ0) is 20.4. The molecule has 1 aliphatic carbocycles. The molecule has 0 bridgehead atoms. The van der Waals surface area contributed by atoms with Gasteiger partial charge in [-0.1, -0.05) is 6.92 Å². The molecule has 2 N–H and O–H groups in total. The minimum absolute atomic E-state index is 0.0750. The molecule has 4 rings (SSSR count). The van der Waals surface area contributed by atoms with Gasteiger partial charge in [-0.3, -0.25) is 9.59 Å². The lowest BCUT2D eigenvalue weighted by Crippen LogP contribution is -3.15. The molecule has 7 nitrogen and oxygen atoms in total. The average Bonchev–Trinajstić information content (AvgIpc) is 3.35. The largest absolute Gasteiger partial charge is 0.459 e. The number of hydrogen-bond donors (Lipinski definition) is 2. The number of rotatable bonds is 4. The van der Waals surface area contributed by atoms with Crippen LogP contribution in [0.4, 0.5) is 5.00 Å². The van der Waals surface area contributed by atoms with Crippen LogP contribution in [-0.4, -0.2) is 49.4 Å². The summed E-state index contributed by atoms with van der Waals surface area (Å²) in [5.74, 6) is 0.802. The molecule has 0 radical (unpaired) electrons. The van der Waals surface area contributed by atoms with Gasteiger partial charge in [0.05, 0.1) is 38.0 Å². The number of anilines is 1. The highest BCUT2D eigenvalue weighted by atomic mass is 32.1. The van der Waals surface area contributed by atoms with Crippen LogP contribution in [0, 0.1) is 17.2 Å². The van der Waals surface area contributed by atoms with E-state index < -0.39 is 0 Å². The lowest BCUT2D eigenvalue weighted by atomic mass is 9.89. The molecule has 1 fully saturated rings. The fraction of sp³-hybridized carbons (Fsp3) is 0.476. The van der Waals surface area contributed by atoms with Gasteiger partial charge in [-0.05, 0) is 42.9 Å². The summed E-state index contributed by atoms with van der Waals surface area (Å²) in [6.07, 6.45) is 4.50. The van der Waals surface area contributed by atoms with Crippen LogP contribution in [0.1, 0.15) is 39.9 Å². The normalized spacial score (nSPS) is 19.4. The monoisotopic (exact) mass is 413 g/mol. The third kappa shape index (κ3) is 4.21. The fourth-order valence-corrected chi connectivity index (χ4v) is 5.49. The smallest absolute Gasteiger partial charge is 0.289 e. The Labute approximate surface area is 173 Å². The zero-order valence-electron chi connectivity index (χ0n) is 16.5. The molecule has 29 heavy (non-hydrogen) atoms. The molecule has 2 aliphatic rings. The van der Waals surface area contributed by atoms with Crippen molar-refractivity contribution < 1.29 is 18.9 Å². The Morgan fingerprint density at radius 3 is 2.90 bits per heavy atom. The van der Waals surface area contributed by atoms with E-state index in [2.05, 4.69) is 18.3 Å². The molecule has 1 atom stereocenters. The van der Waals surface area contributed by atoms with Gasteiger partial charge in [-0.2, -0.15) is 5.26 Å². The van der Waals surface area contributed by atoms with Crippen LogP contribution in [0.5, 0.6) is 0 Å². The van der Waals surface area contributed by atoms with Crippen molar-refractivity contribution in [3.05, 3.63) is 40.2 Å². The van der Waals surface area contributed by atoms with E-state index in [1.54, 1.807) is 28.4 Å². The number of amides is 2. The van der Waals surface area contributed by atoms with Crippen molar-refractivity contribution >= 4 is 28.2 Å². The van der Waals surface area contributed by atoms with Crippen LogP contribution in [0.15, 0.2) is 22.8 Å². The molecule has 2 aromatic heterocycles. The molecule has 3 heterocycles. The summed E-state index contributed by atoms with van der Waals surface area (Å²) in [5.41, 5.74) is 1.78. The summed E-state index contributed by atoms with van der Waals surface area (Å²) < 4.78 is 5.18. The van der Waals surface area contributed by atoms with Crippen molar-refractivity contribution in [2.24, 2.45) is 5.92 Å². The van der Waals surface area contributed by atoms with E-state index in [-0.39, 0.29) is 11.8 Å². The zero-order valence-corrected chi connectivity index (χ0v) is 17.3. The molecule has 1 saturated heterocycles. The summed E-state index contributed by atoms with van der Waals surface area (Å²) in [7, 11) is 0. The Hall–Kier alpha value is -2.63. The minimum atomic E-state index is -0.101.